The molecule has 0 aromatic heterocycles. The molecular formula is C5H13NO3S. The van der Waals surface area contributed by atoms with Crippen molar-refractivity contribution in [2.24, 2.45) is 0 Å². The van der Waals surface area contributed by atoms with Crippen molar-refractivity contribution in [3.05, 3.63) is 0 Å². The van der Waals surface area contributed by atoms with E-state index < -0.39 is 9.84 Å². The van der Waals surface area contributed by atoms with Crippen molar-refractivity contribution in [2.75, 3.05) is 24.8 Å². The molecule has 2 N–H and O–H groups in total. The minimum Gasteiger partial charge on any atom is -0.381 e. The average molecular weight is 167 g/mol. The van der Waals surface area contributed by atoms with Gasteiger partial charge in [-0.2, -0.15) is 0 Å². The standard InChI is InChI=1S/C5H13NO3S/c1-2-10(8,9)4-3-6-5-7/h6-7H,2-5H2,1H3. The van der Waals surface area contributed by atoms with Gasteiger partial charge < -0.3 is 5.11 Å². The Hall–Kier alpha value is -0.130. The van der Waals surface area contributed by atoms with Gasteiger partial charge in [-0.05, 0) is 0 Å². The molecule has 0 atom stereocenters. The normalized spacial score (nSPS) is 11.8. The van der Waals surface area contributed by atoms with Crippen LogP contribution < -0.4 is 5.32 Å². The first-order valence-corrected chi connectivity index (χ1v) is 4.96. The van der Waals surface area contributed by atoms with Crippen molar-refractivity contribution in [2.45, 2.75) is 6.92 Å². The van der Waals surface area contributed by atoms with Gasteiger partial charge >= 0.3 is 0 Å². The van der Waals surface area contributed by atoms with Gasteiger partial charge in [0.15, 0.2) is 9.84 Å². The Kier molecular flexibility index (Phi) is 4.59. The molecule has 0 fully saturated rings. The van der Waals surface area contributed by atoms with Crippen LogP contribution in [0.2, 0.25) is 0 Å². The van der Waals surface area contributed by atoms with E-state index in [0.717, 1.165) is 0 Å². The third-order valence-corrected chi connectivity index (χ3v) is 2.85. The molecule has 0 saturated carbocycles. The highest BCUT2D eigenvalue weighted by atomic mass is 32.2. The fourth-order valence-electron chi connectivity index (χ4n) is 0.451. The molecule has 0 rings (SSSR count). The van der Waals surface area contributed by atoms with Crippen molar-refractivity contribution in [3.63, 3.8) is 0 Å². The van der Waals surface area contributed by atoms with E-state index in [-0.39, 0.29) is 18.2 Å². The quantitative estimate of drug-likeness (QED) is 0.405. The van der Waals surface area contributed by atoms with Crippen LogP contribution in [-0.2, 0) is 9.84 Å². The highest BCUT2D eigenvalue weighted by molar-refractivity contribution is 7.91. The van der Waals surface area contributed by atoms with E-state index >= 15 is 0 Å². The van der Waals surface area contributed by atoms with Crippen LogP contribution in [0.15, 0.2) is 0 Å². The molecule has 0 amide bonds. The van der Waals surface area contributed by atoms with Gasteiger partial charge in [0.05, 0.1) is 12.5 Å². The topological polar surface area (TPSA) is 66.4 Å². The van der Waals surface area contributed by atoms with E-state index in [0.29, 0.717) is 6.54 Å². The van der Waals surface area contributed by atoms with Gasteiger partial charge in [0.25, 0.3) is 0 Å². The Labute approximate surface area is 61.2 Å². The number of hydrogen-bond donors (Lipinski definition) is 2. The lowest BCUT2D eigenvalue weighted by Gasteiger charge is -1.99. The lowest BCUT2D eigenvalue weighted by atomic mass is 10.8. The van der Waals surface area contributed by atoms with Crippen LogP contribution in [-0.4, -0.2) is 38.3 Å². The molecule has 0 aromatic rings. The van der Waals surface area contributed by atoms with Crippen LogP contribution in [0.5, 0.6) is 0 Å². The van der Waals surface area contributed by atoms with Crippen LogP contribution >= 0.6 is 0 Å². The monoisotopic (exact) mass is 167 g/mol. The molecule has 0 aromatic carbocycles. The Morgan fingerprint density at radius 3 is 2.50 bits per heavy atom. The zero-order chi connectivity index (χ0) is 8.04. The van der Waals surface area contributed by atoms with E-state index in [1.807, 2.05) is 0 Å². The van der Waals surface area contributed by atoms with E-state index in [4.69, 9.17) is 5.11 Å². The average Bonchev–Trinajstić information content (AvgIpc) is 1.89. The third kappa shape index (κ3) is 4.72. The van der Waals surface area contributed by atoms with Crippen LogP contribution in [0.3, 0.4) is 0 Å². The van der Waals surface area contributed by atoms with Gasteiger partial charge in [0.1, 0.15) is 0 Å². The molecule has 10 heavy (non-hydrogen) atoms. The highest BCUT2D eigenvalue weighted by Gasteiger charge is 2.04. The molecule has 0 unspecified atom stereocenters. The second-order valence-corrected chi connectivity index (χ2v) is 4.37. The maximum absolute atomic E-state index is 10.8. The zero-order valence-electron chi connectivity index (χ0n) is 6.00. The Morgan fingerprint density at radius 1 is 1.50 bits per heavy atom. The second-order valence-electron chi connectivity index (χ2n) is 1.89. The van der Waals surface area contributed by atoms with Crippen molar-refractivity contribution in [3.8, 4) is 0 Å². The molecule has 0 aliphatic heterocycles. The van der Waals surface area contributed by atoms with Gasteiger partial charge in [0, 0.05) is 12.3 Å². The van der Waals surface area contributed by atoms with Gasteiger partial charge in [-0.25, -0.2) is 8.42 Å². The van der Waals surface area contributed by atoms with Gasteiger partial charge in [0.2, 0.25) is 0 Å². The Morgan fingerprint density at radius 2 is 2.10 bits per heavy atom. The van der Waals surface area contributed by atoms with E-state index in [1.165, 1.54) is 0 Å². The summed E-state index contributed by atoms with van der Waals surface area (Å²) in [6.45, 7) is 1.76. The fraction of sp³-hybridized carbons (Fsp3) is 1.00. The summed E-state index contributed by atoms with van der Waals surface area (Å²) in [5, 5.41) is 10.7. The number of nitrogens with one attached hydrogen (secondary N) is 1. The molecular weight excluding hydrogens is 154 g/mol. The largest absolute Gasteiger partial charge is 0.381 e. The predicted octanol–water partition coefficient (Wildman–Crippen LogP) is -1.04. The SMILES string of the molecule is CCS(=O)(=O)CCNCO. The van der Waals surface area contributed by atoms with Crippen molar-refractivity contribution < 1.29 is 13.5 Å². The van der Waals surface area contributed by atoms with E-state index in [9.17, 15) is 8.42 Å². The summed E-state index contributed by atoms with van der Waals surface area (Å²) in [7, 11) is -2.87. The maximum atomic E-state index is 10.8. The maximum Gasteiger partial charge on any atom is 0.151 e. The lowest BCUT2D eigenvalue weighted by molar-refractivity contribution is 0.264. The number of aliphatic hydroxyl groups excluding tert-OH is 1. The summed E-state index contributed by atoms with van der Waals surface area (Å²) in [6.07, 6.45) is 0. The lowest BCUT2D eigenvalue weighted by Crippen LogP contribution is -2.24. The summed E-state index contributed by atoms with van der Waals surface area (Å²) in [5.41, 5.74) is 0. The molecule has 62 valence electrons. The van der Waals surface area contributed by atoms with Gasteiger partial charge in [-0.1, -0.05) is 6.92 Å². The molecule has 0 saturated heterocycles. The molecule has 0 aliphatic carbocycles. The molecule has 0 radical (unpaired) electrons. The first-order valence-electron chi connectivity index (χ1n) is 3.14. The van der Waals surface area contributed by atoms with E-state index in [2.05, 4.69) is 5.32 Å². The highest BCUT2D eigenvalue weighted by Crippen LogP contribution is 1.85. The summed E-state index contributed by atoms with van der Waals surface area (Å²) in [6, 6.07) is 0. The molecule has 0 aliphatic rings. The predicted molar refractivity (Wildman–Crippen MR) is 39.4 cm³/mol. The molecule has 0 spiro atoms. The number of sulfone groups is 1. The van der Waals surface area contributed by atoms with Crippen molar-refractivity contribution in [1.82, 2.24) is 5.32 Å². The van der Waals surface area contributed by atoms with Gasteiger partial charge in [-0.15, -0.1) is 0 Å². The third-order valence-electron chi connectivity index (χ3n) is 1.14. The van der Waals surface area contributed by atoms with Crippen molar-refractivity contribution in [1.29, 1.82) is 0 Å². The van der Waals surface area contributed by atoms with Crippen molar-refractivity contribution >= 4 is 9.84 Å². The molecule has 4 nitrogen and oxygen atoms in total. The second kappa shape index (κ2) is 4.65. The summed E-state index contributed by atoms with van der Waals surface area (Å²) in [5.74, 6) is 0.268. The summed E-state index contributed by atoms with van der Waals surface area (Å²) in [4.78, 5) is 0. The first-order chi connectivity index (χ1) is 4.62. The number of aliphatic hydroxyl groups is 1. The smallest absolute Gasteiger partial charge is 0.151 e. The molecule has 0 bridgehead atoms. The van der Waals surface area contributed by atoms with E-state index in [1.54, 1.807) is 6.92 Å². The molecule has 0 heterocycles. The minimum absolute atomic E-state index is 0.101. The number of hydrogen-bond acceptors (Lipinski definition) is 4. The number of rotatable bonds is 5. The minimum atomic E-state index is -2.87. The summed E-state index contributed by atoms with van der Waals surface area (Å²) >= 11 is 0. The van der Waals surface area contributed by atoms with Crippen LogP contribution in [0.1, 0.15) is 6.92 Å². The van der Waals surface area contributed by atoms with Crippen LogP contribution in [0.4, 0.5) is 0 Å². The fourth-order valence-corrected chi connectivity index (χ4v) is 1.20. The zero-order valence-corrected chi connectivity index (χ0v) is 6.82. The first kappa shape index (κ1) is 9.87. The Balaban J connectivity index is 3.49. The molecule has 5 heteroatoms. The van der Waals surface area contributed by atoms with Gasteiger partial charge in [-0.3, -0.25) is 5.32 Å². The Bertz CT molecular complexity index is 164. The van der Waals surface area contributed by atoms with Crippen LogP contribution in [0.25, 0.3) is 0 Å². The summed E-state index contributed by atoms with van der Waals surface area (Å²) < 4.78 is 21.5. The van der Waals surface area contributed by atoms with Crippen LogP contribution in [0, 0.1) is 0 Å².